The molecule has 178 valence electrons. The molecule has 2 amide bonds. The average Bonchev–Trinajstić information content (AvgIpc) is 3.12. The quantitative estimate of drug-likeness (QED) is 0.573. The van der Waals surface area contributed by atoms with Crippen LogP contribution in [0.3, 0.4) is 0 Å². The number of rotatable bonds is 8. The summed E-state index contributed by atoms with van der Waals surface area (Å²) in [5.74, 6) is 1.59. The Morgan fingerprint density at radius 2 is 1.52 bits per heavy atom. The van der Waals surface area contributed by atoms with Crippen LogP contribution >= 0.6 is 0 Å². The van der Waals surface area contributed by atoms with E-state index in [1.54, 1.807) is 0 Å². The second-order valence-corrected chi connectivity index (χ2v) is 9.80. The Labute approximate surface area is 198 Å². The van der Waals surface area contributed by atoms with Gasteiger partial charge in [0.15, 0.2) is 0 Å². The highest BCUT2D eigenvalue weighted by molar-refractivity contribution is 5.94. The lowest BCUT2D eigenvalue weighted by Crippen LogP contribution is -2.47. The number of likely N-dealkylation sites (N-methyl/N-ethyl adjacent to an activating group) is 2. The molecule has 0 radical (unpaired) electrons. The van der Waals surface area contributed by atoms with E-state index in [-0.39, 0.29) is 12.1 Å². The lowest BCUT2D eigenvalue weighted by Gasteiger charge is -2.39. The van der Waals surface area contributed by atoms with Crippen molar-refractivity contribution in [2.24, 2.45) is 0 Å². The van der Waals surface area contributed by atoms with Crippen LogP contribution in [0.25, 0.3) is 0 Å². The minimum atomic E-state index is 0.142. The largest absolute Gasteiger partial charge is 0.457 e. The molecule has 1 unspecified atom stereocenters. The van der Waals surface area contributed by atoms with Gasteiger partial charge in [-0.1, -0.05) is 18.2 Å². The van der Waals surface area contributed by atoms with E-state index in [1.165, 1.54) is 0 Å². The maximum atomic E-state index is 13.4. The van der Waals surface area contributed by atoms with Gasteiger partial charge in [-0.2, -0.15) is 0 Å². The lowest BCUT2D eigenvalue weighted by molar-refractivity contribution is 0.114. The first-order valence-corrected chi connectivity index (χ1v) is 12.2. The summed E-state index contributed by atoms with van der Waals surface area (Å²) in [6.07, 6.45) is 4.50. The van der Waals surface area contributed by atoms with E-state index < -0.39 is 0 Å². The molecule has 4 rings (SSSR count). The van der Waals surface area contributed by atoms with Crippen LogP contribution in [0, 0.1) is 0 Å². The average molecular weight is 451 g/mol. The number of hydrogen-bond donors (Lipinski definition) is 0. The highest BCUT2D eigenvalue weighted by Crippen LogP contribution is 2.33. The van der Waals surface area contributed by atoms with Crippen molar-refractivity contribution >= 4 is 11.7 Å². The van der Waals surface area contributed by atoms with E-state index in [0.29, 0.717) is 12.1 Å². The van der Waals surface area contributed by atoms with Crippen LogP contribution in [0.2, 0.25) is 0 Å². The number of amides is 2. The third-order valence-electron chi connectivity index (χ3n) is 7.08. The maximum absolute atomic E-state index is 13.4. The van der Waals surface area contributed by atoms with E-state index in [9.17, 15) is 4.79 Å². The summed E-state index contributed by atoms with van der Waals surface area (Å²) in [4.78, 5) is 22.2. The van der Waals surface area contributed by atoms with E-state index in [1.807, 2.05) is 59.5 Å². The molecule has 1 saturated carbocycles. The summed E-state index contributed by atoms with van der Waals surface area (Å²) in [6.45, 7) is 5.10. The van der Waals surface area contributed by atoms with Crippen molar-refractivity contribution in [3.8, 4) is 11.5 Å². The second kappa shape index (κ2) is 10.6. The van der Waals surface area contributed by atoms with E-state index in [0.717, 1.165) is 62.5 Å². The number of para-hydroxylation sites is 1. The Morgan fingerprint density at radius 3 is 2.15 bits per heavy atom. The molecule has 2 aliphatic rings. The number of hydrogen-bond acceptors (Lipinski definition) is 4. The van der Waals surface area contributed by atoms with Gasteiger partial charge in [0.2, 0.25) is 0 Å². The monoisotopic (exact) mass is 450 g/mol. The lowest BCUT2D eigenvalue weighted by atomic mass is 9.89. The number of urea groups is 1. The van der Waals surface area contributed by atoms with Crippen molar-refractivity contribution in [1.29, 1.82) is 0 Å². The number of anilines is 1. The molecule has 2 fully saturated rings. The van der Waals surface area contributed by atoms with Crippen molar-refractivity contribution in [3.05, 3.63) is 54.6 Å². The van der Waals surface area contributed by atoms with Crippen molar-refractivity contribution < 1.29 is 9.53 Å². The SMILES string of the molecule is CC1CN(c2ccc(Oc3ccccc3)cc2)C(=O)N1C1CCC(N(C)CCN(C)C)CC1. The third-order valence-corrected chi connectivity index (χ3v) is 7.08. The second-order valence-electron chi connectivity index (χ2n) is 9.80. The molecule has 0 spiro atoms. The van der Waals surface area contributed by atoms with Crippen LogP contribution in [-0.2, 0) is 0 Å². The smallest absolute Gasteiger partial charge is 0.325 e. The Bertz CT molecular complexity index is 894. The van der Waals surface area contributed by atoms with Crippen LogP contribution in [0.5, 0.6) is 11.5 Å². The molecule has 0 aromatic heterocycles. The third kappa shape index (κ3) is 5.68. The Hall–Kier alpha value is -2.57. The van der Waals surface area contributed by atoms with Crippen LogP contribution in [-0.4, -0.2) is 79.6 Å². The van der Waals surface area contributed by atoms with E-state index in [2.05, 4.69) is 42.8 Å². The molecule has 2 aromatic rings. The number of carbonyl (C=O) groups is 1. The van der Waals surface area contributed by atoms with Crippen molar-refractivity contribution in [2.75, 3.05) is 45.7 Å². The van der Waals surface area contributed by atoms with Gasteiger partial charge in [-0.3, -0.25) is 4.90 Å². The van der Waals surface area contributed by atoms with Gasteiger partial charge in [0, 0.05) is 43.4 Å². The van der Waals surface area contributed by atoms with Crippen LogP contribution in [0.15, 0.2) is 54.6 Å². The Kier molecular flexibility index (Phi) is 7.56. The fraction of sp³-hybridized carbons (Fsp3) is 0.519. The van der Waals surface area contributed by atoms with Gasteiger partial charge in [0.25, 0.3) is 0 Å². The van der Waals surface area contributed by atoms with Crippen molar-refractivity contribution in [2.45, 2.75) is 50.7 Å². The molecule has 1 atom stereocenters. The van der Waals surface area contributed by atoms with Crippen molar-refractivity contribution in [1.82, 2.24) is 14.7 Å². The molecule has 6 nitrogen and oxygen atoms in total. The topological polar surface area (TPSA) is 39.3 Å². The molecule has 33 heavy (non-hydrogen) atoms. The fourth-order valence-corrected chi connectivity index (χ4v) is 5.13. The maximum Gasteiger partial charge on any atom is 0.325 e. The summed E-state index contributed by atoms with van der Waals surface area (Å²) in [5.41, 5.74) is 0.937. The Balaban J connectivity index is 1.34. The zero-order valence-electron chi connectivity index (χ0n) is 20.5. The summed E-state index contributed by atoms with van der Waals surface area (Å²) in [5, 5.41) is 0. The van der Waals surface area contributed by atoms with Crippen LogP contribution in [0.1, 0.15) is 32.6 Å². The molecular weight excluding hydrogens is 412 g/mol. The number of benzene rings is 2. The van der Waals surface area contributed by atoms with Crippen molar-refractivity contribution in [3.63, 3.8) is 0 Å². The first kappa shape index (κ1) is 23.6. The molecule has 0 bridgehead atoms. The zero-order valence-corrected chi connectivity index (χ0v) is 20.5. The molecular formula is C27H38N4O2. The van der Waals surface area contributed by atoms with Gasteiger partial charge in [0.05, 0.1) is 0 Å². The molecule has 1 aliphatic carbocycles. The summed E-state index contributed by atoms with van der Waals surface area (Å²) in [6, 6.07) is 19.0. The number of carbonyl (C=O) groups excluding carboxylic acids is 1. The number of nitrogens with zero attached hydrogens (tertiary/aromatic N) is 4. The first-order valence-electron chi connectivity index (χ1n) is 12.2. The van der Waals surface area contributed by atoms with Gasteiger partial charge < -0.3 is 19.4 Å². The minimum absolute atomic E-state index is 0.142. The van der Waals surface area contributed by atoms with Gasteiger partial charge in [-0.25, -0.2) is 4.79 Å². The summed E-state index contributed by atoms with van der Waals surface area (Å²) in [7, 11) is 6.49. The Morgan fingerprint density at radius 1 is 0.879 bits per heavy atom. The predicted octanol–water partition coefficient (Wildman–Crippen LogP) is 4.91. The standard InChI is InChI=1S/C27H38N4O2/c1-21-20-30(23-14-16-26(17-15-23)33-25-8-6-5-7-9-25)27(32)31(21)24-12-10-22(11-13-24)29(4)19-18-28(2)3/h5-9,14-17,21-22,24H,10-13,18-20H2,1-4H3. The van der Waals surface area contributed by atoms with Gasteiger partial charge in [0.1, 0.15) is 11.5 Å². The molecule has 0 N–H and O–H groups in total. The molecule has 1 heterocycles. The van der Waals surface area contributed by atoms with Gasteiger partial charge in [-0.05, 0) is 90.1 Å². The molecule has 6 heteroatoms. The van der Waals surface area contributed by atoms with Gasteiger partial charge >= 0.3 is 6.03 Å². The summed E-state index contributed by atoms with van der Waals surface area (Å²) < 4.78 is 5.90. The van der Waals surface area contributed by atoms with E-state index >= 15 is 0 Å². The highest BCUT2D eigenvalue weighted by Gasteiger charge is 2.41. The summed E-state index contributed by atoms with van der Waals surface area (Å²) >= 11 is 0. The predicted molar refractivity (Wildman–Crippen MR) is 134 cm³/mol. The molecule has 2 aromatic carbocycles. The van der Waals surface area contributed by atoms with Crippen LogP contribution < -0.4 is 9.64 Å². The normalized spacial score (nSPS) is 23.6. The first-order chi connectivity index (χ1) is 15.9. The van der Waals surface area contributed by atoms with E-state index in [4.69, 9.17) is 4.74 Å². The zero-order chi connectivity index (χ0) is 23.4. The number of ether oxygens (including phenoxy) is 1. The van der Waals surface area contributed by atoms with Gasteiger partial charge in [-0.15, -0.1) is 0 Å². The fourth-order valence-electron chi connectivity index (χ4n) is 5.13. The highest BCUT2D eigenvalue weighted by atomic mass is 16.5. The molecule has 1 saturated heterocycles. The van der Waals surface area contributed by atoms with Crippen LogP contribution in [0.4, 0.5) is 10.5 Å². The molecule has 1 aliphatic heterocycles. The minimum Gasteiger partial charge on any atom is -0.457 e.